The lowest BCUT2D eigenvalue weighted by Crippen LogP contribution is -2.47. The summed E-state index contributed by atoms with van der Waals surface area (Å²) in [5, 5.41) is 3.86. The molecule has 3 rings (SSSR count). The fraction of sp³-hybridized carbons (Fsp3) is 0.348. The zero-order chi connectivity index (χ0) is 21.7. The Bertz CT molecular complexity index is 938. The SMILES string of the molecule is CC(C)(C)N(Cc1ccccc1)C(=O)COC(=O)C1CC(c2cccc(F)c2)=NO1. The third-order valence-corrected chi connectivity index (χ3v) is 4.72. The Morgan fingerprint density at radius 2 is 1.90 bits per heavy atom. The van der Waals surface area contributed by atoms with E-state index in [0.717, 1.165) is 5.56 Å². The normalized spacial score (nSPS) is 15.9. The third kappa shape index (κ3) is 5.43. The fourth-order valence-corrected chi connectivity index (χ4v) is 3.11. The van der Waals surface area contributed by atoms with Crippen LogP contribution < -0.4 is 0 Å². The Morgan fingerprint density at radius 1 is 1.17 bits per heavy atom. The number of ether oxygens (including phenoxy) is 1. The number of nitrogens with zero attached hydrogens (tertiary/aromatic N) is 2. The largest absolute Gasteiger partial charge is 0.453 e. The van der Waals surface area contributed by atoms with E-state index in [1.807, 2.05) is 51.1 Å². The monoisotopic (exact) mass is 412 g/mol. The summed E-state index contributed by atoms with van der Waals surface area (Å²) in [5.74, 6) is -1.37. The van der Waals surface area contributed by atoms with Gasteiger partial charge in [0.05, 0.1) is 5.71 Å². The summed E-state index contributed by atoms with van der Waals surface area (Å²) in [5.41, 5.74) is 1.54. The maximum Gasteiger partial charge on any atom is 0.351 e. The van der Waals surface area contributed by atoms with Crippen LogP contribution in [0.3, 0.4) is 0 Å². The number of hydrogen-bond donors (Lipinski definition) is 0. The summed E-state index contributed by atoms with van der Waals surface area (Å²) in [6.45, 7) is 5.80. The summed E-state index contributed by atoms with van der Waals surface area (Å²) in [6.07, 6.45) is -0.794. The van der Waals surface area contributed by atoms with E-state index in [2.05, 4.69) is 5.16 Å². The van der Waals surface area contributed by atoms with E-state index < -0.39 is 30.0 Å². The Hall–Kier alpha value is -3.22. The molecule has 0 aromatic heterocycles. The Labute approximate surface area is 175 Å². The van der Waals surface area contributed by atoms with E-state index >= 15 is 0 Å². The van der Waals surface area contributed by atoms with Gasteiger partial charge in [-0.05, 0) is 38.5 Å². The highest BCUT2D eigenvalue weighted by Crippen LogP contribution is 2.20. The summed E-state index contributed by atoms with van der Waals surface area (Å²) < 4.78 is 18.6. The first-order valence-corrected chi connectivity index (χ1v) is 9.73. The molecule has 0 N–H and O–H groups in total. The summed E-state index contributed by atoms with van der Waals surface area (Å²) >= 11 is 0. The van der Waals surface area contributed by atoms with E-state index in [1.54, 1.807) is 17.0 Å². The maximum atomic E-state index is 13.4. The van der Waals surface area contributed by atoms with E-state index in [4.69, 9.17) is 9.57 Å². The molecule has 1 aliphatic heterocycles. The van der Waals surface area contributed by atoms with Crippen molar-refractivity contribution in [3.05, 3.63) is 71.5 Å². The maximum absolute atomic E-state index is 13.4. The highest BCUT2D eigenvalue weighted by Gasteiger charge is 2.32. The van der Waals surface area contributed by atoms with E-state index in [9.17, 15) is 14.0 Å². The van der Waals surface area contributed by atoms with Gasteiger partial charge in [-0.3, -0.25) is 4.79 Å². The molecular formula is C23H25FN2O4. The fourth-order valence-electron chi connectivity index (χ4n) is 3.11. The van der Waals surface area contributed by atoms with E-state index in [1.165, 1.54) is 12.1 Å². The highest BCUT2D eigenvalue weighted by molar-refractivity contribution is 6.03. The lowest BCUT2D eigenvalue weighted by atomic mass is 10.0. The molecule has 6 nitrogen and oxygen atoms in total. The first-order chi connectivity index (χ1) is 14.2. The quantitative estimate of drug-likeness (QED) is 0.679. The van der Waals surface area contributed by atoms with Crippen LogP contribution in [0.15, 0.2) is 59.8 Å². The van der Waals surface area contributed by atoms with Crippen LogP contribution in [0.5, 0.6) is 0 Å². The van der Waals surface area contributed by atoms with Gasteiger partial charge in [-0.15, -0.1) is 0 Å². The minimum atomic E-state index is -0.951. The van der Waals surface area contributed by atoms with Gasteiger partial charge in [-0.1, -0.05) is 47.6 Å². The van der Waals surface area contributed by atoms with Gasteiger partial charge in [-0.25, -0.2) is 9.18 Å². The van der Waals surface area contributed by atoms with Crippen molar-refractivity contribution < 1.29 is 23.6 Å². The molecule has 7 heteroatoms. The van der Waals surface area contributed by atoms with Crippen LogP contribution in [0.1, 0.15) is 38.3 Å². The third-order valence-electron chi connectivity index (χ3n) is 4.72. The van der Waals surface area contributed by atoms with Crippen molar-refractivity contribution in [1.29, 1.82) is 0 Å². The Balaban J connectivity index is 1.56. The lowest BCUT2D eigenvalue weighted by molar-refractivity contribution is -0.162. The molecule has 1 heterocycles. The number of carbonyl (C=O) groups excluding carboxylic acids is 2. The van der Waals surface area contributed by atoms with Crippen LogP contribution >= 0.6 is 0 Å². The van der Waals surface area contributed by atoms with Crippen molar-refractivity contribution in [3.8, 4) is 0 Å². The minimum absolute atomic E-state index is 0.156. The predicted molar refractivity (Wildman–Crippen MR) is 110 cm³/mol. The number of benzene rings is 2. The van der Waals surface area contributed by atoms with Crippen LogP contribution in [0.2, 0.25) is 0 Å². The Kier molecular flexibility index (Phi) is 6.50. The van der Waals surface area contributed by atoms with Gasteiger partial charge < -0.3 is 14.5 Å². The van der Waals surface area contributed by atoms with E-state index in [-0.39, 0.29) is 12.3 Å². The number of amides is 1. The zero-order valence-electron chi connectivity index (χ0n) is 17.3. The molecule has 2 aromatic carbocycles. The van der Waals surface area contributed by atoms with Crippen LogP contribution in [-0.4, -0.2) is 40.7 Å². The molecule has 0 saturated heterocycles. The van der Waals surface area contributed by atoms with Crippen molar-refractivity contribution in [2.24, 2.45) is 5.16 Å². The van der Waals surface area contributed by atoms with Crippen molar-refractivity contribution in [1.82, 2.24) is 4.90 Å². The topological polar surface area (TPSA) is 68.2 Å². The van der Waals surface area contributed by atoms with Crippen molar-refractivity contribution in [2.75, 3.05) is 6.61 Å². The first-order valence-electron chi connectivity index (χ1n) is 9.73. The molecule has 0 spiro atoms. The summed E-state index contributed by atoms with van der Waals surface area (Å²) in [4.78, 5) is 31.9. The number of halogens is 1. The summed E-state index contributed by atoms with van der Waals surface area (Å²) in [6, 6.07) is 15.5. The van der Waals surface area contributed by atoms with Gasteiger partial charge in [0.1, 0.15) is 5.82 Å². The predicted octanol–water partition coefficient (Wildman–Crippen LogP) is 3.69. The molecule has 2 aromatic rings. The van der Waals surface area contributed by atoms with Crippen molar-refractivity contribution >= 4 is 17.6 Å². The first kappa shape index (κ1) is 21.5. The smallest absolute Gasteiger partial charge is 0.351 e. The van der Waals surface area contributed by atoms with Crippen LogP contribution in [0, 0.1) is 5.82 Å². The van der Waals surface area contributed by atoms with Crippen molar-refractivity contribution in [2.45, 2.75) is 45.4 Å². The zero-order valence-corrected chi connectivity index (χ0v) is 17.3. The molecule has 0 aliphatic carbocycles. The van der Waals surface area contributed by atoms with Crippen LogP contribution in [-0.2, 0) is 25.7 Å². The second-order valence-electron chi connectivity index (χ2n) is 8.09. The second kappa shape index (κ2) is 9.07. The van der Waals surface area contributed by atoms with Gasteiger partial charge in [0.15, 0.2) is 6.61 Å². The number of esters is 1. The molecule has 30 heavy (non-hydrogen) atoms. The number of rotatable bonds is 6. The lowest BCUT2D eigenvalue weighted by Gasteiger charge is -2.35. The van der Waals surface area contributed by atoms with E-state index in [0.29, 0.717) is 17.8 Å². The molecule has 1 aliphatic rings. The van der Waals surface area contributed by atoms with Gasteiger partial charge >= 0.3 is 5.97 Å². The van der Waals surface area contributed by atoms with Gasteiger partial charge in [0.2, 0.25) is 6.10 Å². The number of carbonyl (C=O) groups is 2. The highest BCUT2D eigenvalue weighted by atomic mass is 19.1. The van der Waals surface area contributed by atoms with Crippen LogP contribution in [0.25, 0.3) is 0 Å². The molecule has 1 unspecified atom stereocenters. The molecule has 0 saturated carbocycles. The number of hydrogen-bond acceptors (Lipinski definition) is 5. The Morgan fingerprint density at radius 3 is 2.57 bits per heavy atom. The second-order valence-corrected chi connectivity index (χ2v) is 8.09. The molecule has 1 amide bonds. The van der Waals surface area contributed by atoms with Crippen LogP contribution in [0.4, 0.5) is 4.39 Å². The van der Waals surface area contributed by atoms with Gasteiger partial charge in [-0.2, -0.15) is 0 Å². The van der Waals surface area contributed by atoms with Gasteiger partial charge in [0.25, 0.3) is 5.91 Å². The number of oxime groups is 1. The summed E-state index contributed by atoms with van der Waals surface area (Å²) in [7, 11) is 0. The molecule has 0 radical (unpaired) electrons. The molecule has 158 valence electrons. The molecule has 0 bridgehead atoms. The molecular weight excluding hydrogens is 387 g/mol. The van der Waals surface area contributed by atoms with Crippen molar-refractivity contribution in [3.63, 3.8) is 0 Å². The molecule has 1 atom stereocenters. The average molecular weight is 412 g/mol. The average Bonchev–Trinajstić information content (AvgIpc) is 3.20. The van der Waals surface area contributed by atoms with Gasteiger partial charge in [0, 0.05) is 24.1 Å². The molecule has 0 fully saturated rings. The minimum Gasteiger partial charge on any atom is -0.453 e. The standard InChI is InChI=1S/C23H25FN2O4/c1-23(2,3)26(14-16-8-5-4-6-9-16)21(27)15-29-22(28)20-13-19(25-30-20)17-10-7-11-18(24)12-17/h4-12,20H,13-15H2,1-3H3.